The van der Waals surface area contributed by atoms with E-state index in [1.807, 2.05) is 6.92 Å². The minimum absolute atomic E-state index is 0.105. The molecule has 102 valence electrons. The van der Waals surface area contributed by atoms with Crippen LogP contribution in [0.3, 0.4) is 0 Å². The van der Waals surface area contributed by atoms with E-state index in [-0.39, 0.29) is 18.1 Å². The van der Waals surface area contributed by atoms with Gasteiger partial charge in [0.15, 0.2) is 0 Å². The molecule has 5 nitrogen and oxygen atoms in total. The van der Waals surface area contributed by atoms with Crippen LogP contribution in [-0.2, 0) is 14.3 Å². The molecule has 5 heteroatoms. The summed E-state index contributed by atoms with van der Waals surface area (Å²) in [5.41, 5.74) is 0. The standard InChI is InChI=1S/C13H21NO4/c1-3-10-6-7-11(18-10)12(15)14(9-4-5-9)8(2)13(16)17/h8-11H,3-7H2,1-2H3,(H,16,17). The summed E-state index contributed by atoms with van der Waals surface area (Å²) in [5.74, 6) is -1.08. The van der Waals surface area contributed by atoms with Gasteiger partial charge < -0.3 is 14.7 Å². The third kappa shape index (κ3) is 2.66. The van der Waals surface area contributed by atoms with Gasteiger partial charge in [0, 0.05) is 6.04 Å². The van der Waals surface area contributed by atoms with Gasteiger partial charge in [-0.15, -0.1) is 0 Å². The molecule has 1 N–H and O–H groups in total. The van der Waals surface area contributed by atoms with Gasteiger partial charge in [-0.3, -0.25) is 4.79 Å². The predicted molar refractivity (Wildman–Crippen MR) is 65.2 cm³/mol. The molecule has 1 aliphatic heterocycles. The molecule has 0 spiro atoms. The van der Waals surface area contributed by atoms with E-state index in [1.165, 1.54) is 4.90 Å². The molecule has 18 heavy (non-hydrogen) atoms. The zero-order valence-corrected chi connectivity index (χ0v) is 11.0. The molecule has 2 rings (SSSR count). The van der Waals surface area contributed by atoms with E-state index in [2.05, 4.69) is 0 Å². The molecule has 0 aromatic heterocycles. The van der Waals surface area contributed by atoms with Gasteiger partial charge in [-0.05, 0) is 39.0 Å². The molecule has 1 saturated carbocycles. The van der Waals surface area contributed by atoms with Crippen LogP contribution in [-0.4, -0.2) is 46.2 Å². The molecule has 3 atom stereocenters. The molecule has 0 bridgehead atoms. The van der Waals surface area contributed by atoms with Gasteiger partial charge in [0.25, 0.3) is 5.91 Å². The van der Waals surface area contributed by atoms with Crippen molar-refractivity contribution in [1.29, 1.82) is 0 Å². The van der Waals surface area contributed by atoms with Crippen molar-refractivity contribution in [3.05, 3.63) is 0 Å². The fourth-order valence-corrected chi connectivity index (χ4v) is 2.51. The van der Waals surface area contributed by atoms with E-state index in [4.69, 9.17) is 9.84 Å². The summed E-state index contributed by atoms with van der Waals surface area (Å²) < 4.78 is 5.68. The van der Waals surface area contributed by atoms with Crippen molar-refractivity contribution >= 4 is 11.9 Å². The summed E-state index contributed by atoms with van der Waals surface area (Å²) in [4.78, 5) is 25.0. The van der Waals surface area contributed by atoms with Crippen LogP contribution in [0.5, 0.6) is 0 Å². The zero-order chi connectivity index (χ0) is 13.3. The van der Waals surface area contributed by atoms with Gasteiger partial charge in [-0.1, -0.05) is 6.92 Å². The second-order valence-corrected chi connectivity index (χ2v) is 5.22. The van der Waals surface area contributed by atoms with Crippen molar-refractivity contribution in [2.75, 3.05) is 0 Å². The monoisotopic (exact) mass is 255 g/mol. The first-order chi connectivity index (χ1) is 8.54. The molecule has 0 aromatic carbocycles. The number of hydrogen-bond donors (Lipinski definition) is 1. The quantitative estimate of drug-likeness (QED) is 0.806. The number of aliphatic carboxylic acids is 1. The van der Waals surface area contributed by atoms with Crippen molar-refractivity contribution < 1.29 is 19.4 Å². The number of nitrogens with zero attached hydrogens (tertiary/aromatic N) is 1. The SMILES string of the molecule is CCC1CCC(C(=O)N(C2CC2)C(C)C(=O)O)O1. The molecule has 1 heterocycles. The Bertz CT molecular complexity index is 340. The van der Waals surface area contributed by atoms with Crippen molar-refractivity contribution in [3.63, 3.8) is 0 Å². The Morgan fingerprint density at radius 2 is 2.00 bits per heavy atom. The van der Waals surface area contributed by atoms with Gasteiger partial charge in [-0.25, -0.2) is 4.79 Å². The highest BCUT2D eigenvalue weighted by Crippen LogP contribution is 2.32. The number of rotatable bonds is 5. The molecule has 0 radical (unpaired) electrons. The first-order valence-electron chi connectivity index (χ1n) is 6.75. The molecular weight excluding hydrogens is 234 g/mol. The Morgan fingerprint density at radius 3 is 2.44 bits per heavy atom. The number of ether oxygens (including phenoxy) is 1. The average molecular weight is 255 g/mol. The van der Waals surface area contributed by atoms with Crippen LogP contribution >= 0.6 is 0 Å². The molecule has 0 aromatic rings. The summed E-state index contributed by atoms with van der Waals surface area (Å²) in [7, 11) is 0. The second kappa shape index (κ2) is 5.26. The molecular formula is C13H21NO4. The molecule has 2 fully saturated rings. The van der Waals surface area contributed by atoms with E-state index in [0.29, 0.717) is 6.42 Å². The molecule has 1 amide bonds. The largest absolute Gasteiger partial charge is 0.480 e. The highest BCUT2D eigenvalue weighted by Gasteiger charge is 2.43. The number of hydrogen-bond acceptors (Lipinski definition) is 3. The van der Waals surface area contributed by atoms with Crippen LogP contribution in [0.1, 0.15) is 46.0 Å². The lowest BCUT2D eigenvalue weighted by Crippen LogP contribution is -2.49. The molecule has 1 aliphatic carbocycles. The van der Waals surface area contributed by atoms with E-state index in [9.17, 15) is 9.59 Å². The van der Waals surface area contributed by atoms with E-state index >= 15 is 0 Å². The molecule has 1 saturated heterocycles. The highest BCUT2D eigenvalue weighted by atomic mass is 16.5. The first kappa shape index (κ1) is 13.3. The van der Waals surface area contributed by atoms with Crippen molar-refractivity contribution in [2.45, 2.75) is 70.2 Å². The van der Waals surface area contributed by atoms with Gasteiger partial charge in [-0.2, -0.15) is 0 Å². The summed E-state index contributed by atoms with van der Waals surface area (Å²) in [6.45, 7) is 3.61. The Kier molecular flexibility index (Phi) is 3.90. The maximum absolute atomic E-state index is 12.4. The summed E-state index contributed by atoms with van der Waals surface area (Å²) >= 11 is 0. The van der Waals surface area contributed by atoms with Gasteiger partial charge in [0.1, 0.15) is 12.1 Å². The van der Waals surface area contributed by atoms with Crippen LogP contribution < -0.4 is 0 Å². The number of carboxylic acids is 1. The Hall–Kier alpha value is -1.10. The minimum atomic E-state index is -0.944. The average Bonchev–Trinajstić information content (AvgIpc) is 3.05. The van der Waals surface area contributed by atoms with Crippen LogP contribution in [0.25, 0.3) is 0 Å². The fourth-order valence-electron chi connectivity index (χ4n) is 2.51. The summed E-state index contributed by atoms with van der Waals surface area (Å²) in [5, 5.41) is 9.08. The van der Waals surface area contributed by atoms with E-state index in [1.54, 1.807) is 6.92 Å². The number of carbonyl (C=O) groups excluding carboxylic acids is 1. The lowest BCUT2D eigenvalue weighted by atomic mass is 10.1. The number of carboxylic acid groups (broad SMARTS) is 1. The Morgan fingerprint density at radius 1 is 1.33 bits per heavy atom. The van der Waals surface area contributed by atoms with E-state index in [0.717, 1.165) is 25.7 Å². The fraction of sp³-hybridized carbons (Fsp3) is 0.846. The summed E-state index contributed by atoms with van der Waals surface area (Å²) in [6, 6.07) is -0.651. The van der Waals surface area contributed by atoms with Gasteiger partial charge in [0.05, 0.1) is 6.10 Å². The molecule has 2 aliphatic rings. The predicted octanol–water partition coefficient (Wildman–Crippen LogP) is 1.41. The van der Waals surface area contributed by atoms with Crippen molar-refractivity contribution in [1.82, 2.24) is 4.90 Å². The van der Waals surface area contributed by atoms with Crippen LogP contribution in [0.15, 0.2) is 0 Å². The number of amides is 1. The highest BCUT2D eigenvalue weighted by molar-refractivity contribution is 5.87. The van der Waals surface area contributed by atoms with Crippen LogP contribution in [0.4, 0.5) is 0 Å². The Balaban J connectivity index is 2.02. The maximum Gasteiger partial charge on any atom is 0.326 e. The second-order valence-electron chi connectivity index (χ2n) is 5.22. The summed E-state index contributed by atoms with van der Waals surface area (Å²) in [6.07, 6.45) is 4.06. The third-order valence-corrected chi connectivity index (χ3v) is 3.81. The lowest BCUT2D eigenvalue weighted by molar-refractivity contribution is -0.155. The molecule has 3 unspecified atom stereocenters. The third-order valence-electron chi connectivity index (χ3n) is 3.81. The van der Waals surface area contributed by atoms with Gasteiger partial charge >= 0.3 is 5.97 Å². The van der Waals surface area contributed by atoms with Gasteiger partial charge in [0.2, 0.25) is 0 Å². The Labute approximate surface area is 107 Å². The van der Waals surface area contributed by atoms with Crippen LogP contribution in [0, 0.1) is 0 Å². The smallest absolute Gasteiger partial charge is 0.326 e. The zero-order valence-electron chi connectivity index (χ0n) is 11.0. The lowest BCUT2D eigenvalue weighted by Gasteiger charge is -2.29. The topological polar surface area (TPSA) is 66.8 Å². The van der Waals surface area contributed by atoms with Crippen molar-refractivity contribution in [2.24, 2.45) is 0 Å². The van der Waals surface area contributed by atoms with E-state index < -0.39 is 18.1 Å². The maximum atomic E-state index is 12.4. The first-order valence-corrected chi connectivity index (χ1v) is 6.75. The normalized spacial score (nSPS) is 29.0. The van der Waals surface area contributed by atoms with Crippen molar-refractivity contribution in [3.8, 4) is 0 Å². The van der Waals surface area contributed by atoms with Crippen LogP contribution in [0.2, 0.25) is 0 Å². The number of carbonyl (C=O) groups is 2. The minimum Gasteiger partial charge on any atom is -0.480 e.